The van der Waals surface area contributed by atoms with E-state index >= 15 is 0 Å². The maximum atomic E-state index is 12.9. The molecule has 1 fully saturated rings. The summed E-state index contributed by atoms with van der Waals surface area (Å²) in [7, 11) is 0. The van der Waals surface area contributed by atoms with Gasteiger partial charge < -0.3 is 4.74 Å². The van der Waals surface area contributed by atoms with E-state index in [4.69, 9.17) is 4.74 Å². The van der Waals surface area contributed by atoms with Gasteiger partial charge >= 0.3 is 6.18 Å². The molecule has 1 aromatic carbocycles. The van der Waals surface area contributed by atoms with Crippen molar-refractivity contribution in [3.05, 3.63) is 95.1 Å². The lowest BCUT2D eigenvalue weighted by Gasteiger charge is -2.32. The van der Waals surface area contributed by atoms with Gasteiger partial charge in [0.15, 0.2) is 0 Å². The summed E-state index contributed by atoms with van der Waals surface area (Å²) in [6.07, 6.45) is 1.25. The summed E-state index contributed by atoms with van der Waals surface area (Å²) in [5.74, 6) is 0. The molecule has 2 aromatic heterocycles. The van der Waals surface area contributed by atoms with Crippen molar-refractivity contribution in [1.82, 2.24) is 14.9 Å². The topological polar surface area (TPSA) is 38.2 Å². The van der Waals surface area contributed by atoms with Gasteiger partial charge in [0.1, 0.15) is 6.10 Å². The summed E-state index contributed by atoms with van der Waals surface area (Å²) < 4.78 is 44.6. The second-order valence-electron chi connectivity index (χ2n) is 7.42. The molecule has 0 spiro atoms. The monoisotopic (exact) mass is 413 g/mol. The number of pyridine rings is 2. The van der Waals surface area contributed by atoms with Crippen molar-refractivity contribution in [2.75, 3.05) is 19.7 Å². The molecule has 30 heavy (non-hydrogen) atoms. The van der Waals surface area contributed by atoms with Crippen LogP contribution in [-0.2, 0) is 23.9 Å². The Morgan fingerprint density at radius 3 is 2.57 bits per heavy atom. The molecule has 0 radical (unpaired) electrons. The van der Waals surface area contributed by atoms with Crippen molar-refractivity contribution in [2.24, 2.45) is 0 Å². The Kier molecular flexibility index (Phi) is 6.11. The van der Waals surface area contributed by atoms with Crippen LogP contribution in [0.2, 0.25) is 0 Å². The maximum absolute atomic E-state index is 12.9. The fourth-order valence-corrected chi connectivity index (χ4v) is 3.60. The van der Waals surface area contributed by atoms with Gasteiger partial charge in [-0.1, -0.05) is 24.3 Å². The van der Waals surface area contributed by atoms with Crippen LogP contribution in [0.1, 0.15) is 34.1 Å². The molecular formula is C23H22F3N3O. The van der Waals surface area contributed by atoms with Crippen molar-refractivity contribution < 1.29 is 17.9 Å². The van der Waals surface area contributed by atoms with E-state index in [1.807, 2.05) is 24.3 Å². The minimum atomic E-state index is -4.33. The molecule has 0 amide bonds. The number of morpholine rings is 1. The van der Waals surface area contributed by atoms with Gasteiger partial charge in [0.25, 0.3) is 0 Å². The van der Waals surface area contributed by atoms with Crippen LogP contribution in [0.4, 0.5) is 13.2 Å². The highest BCUT2D eigenvalue weighted by atomic mass is 19.4. The highest BCUT2D eigenvalue weighted by Crippen LogP contribution is 2.30. The van der Waals surface area contributed by atoms with Crippen molar-refractivity contribution in [3.8, 4) is 0 Å². The molecule has 0 saturated carbocycles. The maximum Gasteiger partial charge on any atom is 0.416 e. The van der Waals surface area contributed by atoms with Crippen molar-refractivity contribution in [3.63, 3.8) is 0 Å². The number of hydrogen-bond acceptors (Lipinski definition) is 4. The van der Waals surface area contributed by atoms with E-state index in [0.717, 1.165) is 37.0 Å². The average molecular weight is 413 g/mol. The third-order valence-corrected chi connectivity index (χ3v) is 5.15. The molecular weight excluding hydrogens is 391 g/mol. The van der Waals surface area contributed by atoms with Gasteiger partial charge in [-0.2, -0.15) is 13.2 Å². The van der Waals surface area contributed by atoms with Crippen LogP contribution in [0.3, 0.4) is 0 Å². The molecule has 1 aliphatic rings. The molecule has 1 unspecified atom stereocenters. The van der Waals surface area contributed by atoms with Crippen LogP contribution < -0.4 is 0 Å². The van der Waals surface area contributed by atoms with E-state index in [2.05, 4.69) is 14.9 Å². The minimum Gasteiger partial charge on any atom is -0.369 e. The number of benzene rings is 1. The minimum absolute atomic E-state index is 0.122. The summed E-state index contributed by atoms with van der Waals surface area (Å²) in [6.45, 7) is 3.05. The molecule has 1 atom stereocenters. The van der Waals surface area contributed by atoms with Gasteiger partial charge in [-0.15, -0.1) is 0 Å². The Morgan fingerprint density at radius 2 is 1.83 bits per heavy atom. The predicted molar refractivity (Wildman–Crippen MR) is 107 cm³/mol. The quantitative estimate of drug-likeness (QED) is 0.610. The molecule has 0 aliphatic carbocycles. The third kappa shape index (κ3) is 5.23. The molecule has 7 heteroatoms. The molecule has 0 bridgehead atoms. The smallest absolute Gasteiger partial charge is 0.369 e. The molecule has 156 valence electrons. The third-order valence-electron chi connectivity index (χ3n) is 5.15. The number of alkyl halides is 3. The van der Waals surface area contributed by atoms with Gasteiger partial charge in [-0.05, 0) is 47.4 Å². The number of aromatic nitrogens is 2. The number of rotatable bonds is 5. The molecule has 3 aromatic rings. The van der Waals surface area contributed by atoms with Crippen molar-refractivity contribution >= 4 is 0 Å². The lowest BCUT2D eigenvalue weighted by atomic mass is 10.0. The van der Waals surface area contributed by atoms with Gasteiger partial charge in [0.2, 0.25) is 0 Å². The van der Waals surface area contributed by atoms with E-state index in [-0.39, 0.29) is 6.10 Å². The van der Waals surface area contributed by atoms with Crippen LogP contribution in [-0.4, -0.2) is 34.6 Å². The van der Waals surface area contributed by atoms with E-state index < -0.39 is 11.7 Å². The molecule has 4 rings (SSSR count). The van der Waals surface area contributed by atoms with E-state index in [0.29, 0.717) is 18.6 Å². The number of nitrogens with zero attached hydrogens (tertiary/aromatic N) is 3. The Balaban J connectivity index is 1.39. The first-order chi connectivity index (χ1) is 14.5. The summed E-state index contributed by atoms with van der Waals surface area (Å²) in [6, 6.07) is 13.2. The van der Waals surface area contributed by atoms with Gasteiger partial charge in [-0.25, -0.2) is 0 Å². The fraction of sp³-hybridized carbons (Fsp3) is 0.304. The molecule has 4 nitrogen and oxygen atoms in total. The largest absolute Gasteiger partial charge is 0.416 e. The van der Waals surface area contributed by atoms with Crippen LogP contribution in [0.15, 0.2) is 67.1 Å². The van der Waals surface area contributed by atoms with Crippen LogP contribution in [0, 0.1) is 0 Å². The Morgan fingerprint density at radius 1 is 1.00 bits per heavy atom. The predicted octanol–water partition coefficient (Wildman–Crippen LogP) is 4.66. The van der Waals surface area contributed by atoms with Crippen molar-refractivity contribution in [1.29, 1.82) is 0 Å². The fourth-order valence-electron chi connectivity index (χ4n) is 3.60. The second kappa shape index (κ2) is 8.93. The Bertz CT molecular complexity index is 961. The zero-order valence-corrected chi connectivity index (χ0v) is 16.3. The first-order valence-corrected chi connectivity index (χ1v) is 9.81. The van der Waals surface area contributed by atoms with Crippen LogP contribution >= 0.6 is 0 Å². The average Bonchev–Trinajstić information content (AvgIpc) is 2.75. The SMILES string of the molecule is FC(F)(F)c1cccc(Cc2ccc(C3CN(Cc4ccncc4)CCO3)nc2)c1. The first kappa shape index (κ1) is 20.5. The van der Waals surface area contributed by atoms with Crippen molar-refractivity contribution in [2.45, 2.75) is 25.2 Å². The molecule has 0 N–H and O–H groups in total. The number of ether oxygens (including phenoxy) is 1. The lowest BCUT2D eigenvalue weighted by Crippen LogP contribution is -2.38. The highest BCUT2D eigenvalue weighted by molar-refractivity contribution is 5.30. The highest BCUT2D eigenvalue weighted by Gasteiger charge is 2.30. The molecule has 1 aliphatic heterocycles. The Hall–Kier alpha value is -2.77. The van der Waals surface area contributed by atoms with Crippen LogP contribution in [0.5, 0.6) is 0 Å². The summed E-state index contributed by atoms with van der Waals surface area (Å²) in [4.78, 5) is 10.9. The molecule has 3 heterocycles. The zero-order chi connectivity index (χ0) is 21.0. The van der Waals surface area contributed by atoms with Gasteiger partial charge in [-0.3, -0.25) is 14.9 Å². The van der Waals surface area contributed by atoms with E-state index in [9.17, 15) is 13.2 Å². The number of halogens is 3. The normalized spacial score (nSPS) is 17.8. The first-order valence-electron chi connectivity index (χ1n) is 9.81. The van der Waals surface area contributed by atoms with E-state index in [1.54, 1.807) is 24.7 Å². The second-order valence-corrected chi connectivity index (χ2v) is 7.42. The van der Waals surface area contributed by atoms with Gasteiger partial charge in [0, 0.05) is 38.2 Å². The Labute approximate surface area is 173 Å². The summed E-state index contributed by atoms with van der Waals surface area (Å²) in [5, 5.41) is 0. The number of hydrogen-bond donors (Lipinski definition) is 0. The molecule has 1 saturated heterocycles. The zero-order valence-electron chi connectivity index (χ0n) is 16.3. The van der Waals surface area contributed by atoms with Gasteiger partial charge in [0.05, 0.1) is 17.9 Å². The van der Waals surface area contributed by atoms with Crippen LogP contribution in [0.25, 0.3) is 0 Å². The van der Waals surface area contributed by atoms with E-state index in [1.165, 1.54) is 17.7 Å². The summed E-state index contributed by atoms with van der Waals surface area (Å²) in [5.41, 5.74) is 2.88. The standard InChI is InChI=1S/C23H22F3N3O/c24-23(25,26)20-3-1-2-18(13-20)12-19-4-5-21(28-14-19)22-16-29(10-11-30-22)15-17-6-8-27-9-7-17/h1-9,13-14,22H,10-12,15-16H2. The lowest BCUT2D eigenvalue weighted by molar-refractivity contribution is -0.137. The summed E-state index contributed by atoms with van der Waals surface area (Å²) >= 11 is 0.